The van der Waals surface area contributed by atoms with E-state index in [4.69, 9.17) is 32.9 Å². The molecule has 6 heterocycles. The number of alkyl halides is 3. The molecule has 0 N–H and O–H groups in total. The molecule has 49 heavy (non-hydrogen) atoms. The van der Waals surface area contributed by atoms with Crippen molar-refractivity contribution >= 4 is 83.7 Å². The Labute approximate surface area is 279 Å². The summed E-state index contributed by atoms with van der Waals surface area (Å²) in [5.74, 6) is 1.30. The molecule has 0 atom stereocenters. The molecule has 236 valence electrons. The second-order valence-corrected chi connectivity index (χ2v) is 17.8. The zero-order valence-corrected chi connectivity index (χ0v) is 27.9. The fraction of sp³-hybridized carbons (Fsp3) is 0.0303. The molecular formula is C33H16F3GaN8O3S. The Kier molecular flexibility index (Phi) is 5.73. The van der Waals surface area contributed by atoms with Crippen LogP contribution in [0.5, 0.6) is 0 Å². The van der Waals surface area contributed by atoms with Gasteiger partial charge in [-0.05, 0) is 0 Å². The van der Waals surface area contributed by atoms with Crippen molar-refractivity contribution in [1.82, 2.24) is 6.55 Å². The molecule has 6 aromatic rings. The molecule has 0 aliphatic carbocycles. The van der Waals surface area contributed by atoms with Gasteiger partial charge in [-0.15, -0.1) is 0 Å². The second kappa shape index (κ2) is 9.82. The van der Waals surface area contributed by atoms with Gasteiger partial charge in [-0.1, -0.05) is 0 Å². The summed E-state index contributed by atoms with van der Waals surface area (Å²) in [5.41, 5.74) is -2.85. The first-order valence-corrected chi connectivity index (χ1v) is 19.5. The van der Waals surface area contributed by atoms with E-state index in [-0.39, 0.29) is 46.0 Å². The number of aromatic nitrogens is 2. The Bertz CT molecular complexity index is 2720. The zero-order valence-electron chi connectivity index (χ0n) is 24.7. The van der Waals surface area contributed by atoms with Crippen molar-refractivity contribution < 1.29 is 24.6 Å². The molecular weight excluding hydrogens is 715 g/mol. The van der Waals surface area contributed by atoms with E-state index < -0.39 is 32.7 Å². The van der Waals surface area contributed by atoms with E-state index in [9.17, 15) is 21.6 Å². The predicted octanol–water partition coefficient (Wildman–Crippen LogP) is 4.79. The molecule has 2 aromatic heterocycles. The molecule has 0 unspecified atom stereocenters. The predicted molar refractivity (Wildman–Crippen MR) is 177 cm³/mol. The third kappa shape index (κ3) is 3.99. The van der Waals surface area contributed by atoms with Gasteiger partial charge in [0, 0.05) is 0 Å². The molecule has 11 nitrogen and oxygen atoms in total. The Hall–Kier alpha value is -5.42. The molecule has 0 saturated heterocycles. The van der Waals surface area contributed by atoms with E-state index in [0.717, 1.165) is 0 Å². The van der Waals surface area contributed by atoms with Crippen molar-refractivity contribution in [3.8, 4) is 0 Å². The molecule has 4 aliphatic rings. The van der Waals surface area contributed by atoms with Crippen LogP contribution in [0.2, 0.25) is 0 Å². The summed E-state index contributed by atoms with van der Waals surface area (Å²) in [5, 5.41) is 2.01. The number of hydrogen-bond donors (Lipinski definition) is 0. The molecule has 0 spiro atoms. The number of nitrogens with zero attached hydrogens (tertiary/aromatic N) is 8. The van der Waals surface area contributed by atoms with Gasteiger partial charge >= 0.3 is 281 Å². The first kappa shape index (κ1) is 28.6. The molecule has 0 fully saturated rings. The molecule has 6 bridgehead atoms. The average Bonchev–Trinajstić information content (AvgIpc) is 3.80. The molecule has 10 rings (SSSR count). The first-order chi connectivity index (χ1) is 23.7. The van der Waals surface area contributed by atoms with Crippen LogP contribution < -0.4 is 11.0 Å². The minimum atomic E-state index is -6.17. The van der Waals surface area contributed by atoms with E-state index in [1.54, 1.807) is 48.5 Å². The molecule has 0 amide bonds. The standard InChI is InChI=1S/C32H16N8.CHF3O3S.Ga/c1-2-10-18-17(9-1)25-33-26(18)38-28-21-13-5-6-14-22(21)30(35-28)40-32-24-16-8-7-15-23(24)31(36-32)39-29-20-12-4-3-11-19(20)27(34-29)37-25;2-1(3,4)8(5,6)7;/h1-16H;(H,5,6,7);/q-2;;+3/p-1. The van der Waals surface area contributed by atoms with Gasteiger partial charge in [0.2, 0.25) is 0 Å². The van der Waals surface area contributed by atoms with Crippen LogP contribution in [0.3, 0.4) is 0 Å². The van der Waals surface area contributed by atoms with Crippen LogP contribution in [0.15, 0.2) is 127 Å². The number of benzene rings is 4. The van der Waals surface area contributed by atoms with Crippen LogP contribution in [0.4, 0.5) is 24.8 Å². The van der Waals surface area contributed by atoms with Gasteiger partial charge in [0.25, 0.3) is 0 Å². The number of amidine groups is 4. The van der Waals surface area contributed by atoms with Crippen molar-refractivity contribution in [2.24, 2.45) is 30.0 Å². The summed E-state index contributed by atoms with van der Waals surface area (Å²) in [6, 6.07) is 28.7. The van der Waals surface area contributed by atoms with Gasteiger partial charge < -0.3 is 0 Å². The fourth-order valence-corrected chi connectivity index (χ4v) is 14.2. The Balaban J connectivity index is 1.50. The maximum atomic E-state index is 14.3. The normalized spacial score (nSPS) is 15.9. The molecule has 0 saturated carbocycles. The number of rotatable bonds is 2. The van der Waals surface area contributed by atoms with Gasteiger partial charge in [-0.3, -0.25) is 0 Å². The van der Waals surface area contributed by atoms with Gasteiger partial charge in [0.1, 0.15) is 0 Å². The summed E-state index contributed by atoms with van der Waals surface area (Å²) in [6.07, 6.45) is 0. The van der Waals surface area contributed by atoms with Crippen LogP contribution in [0, 0.1) is 0 Å². The number of hydrogen-bond acceptors (Lipinski definition) is 9. The monoisotopic (exact) mass is 730 g/mol. The van der Waals surface area contributed by atoms with Gasteiger partial charge in [0.05, 0.1) is 0 Å². The average molecular weight is 731 g/mol. The van der Waals surface area contributed by atoms with Crippen molar-refractivity contribution in [3.63, 3.8) is 0 Å². The fourth-order valence-electron chi connectivity index (χ4n) is 6.64. The number of halogens is 3. The van der Waals surface area contributed by atoms with Gasteiger partial charge in [-0.25, -0.2) is 0 Å². The van der Waals surface area contributed by atoms with E-state index in [2.05, 4.69) is 0 Å². The SMILES string of the molecule is O=S(=O)([O][Ga]1[n]2c3c4ccccc4c2N=C2N=C(N=c4c5ccccc5c([n]41)=NC1=NC(=N3)c3ccccc31)c1ccccc12)C(F)(F)F. The van der Waals surface area contributed by atoms with Crippen molar-refractivity contribution in [1.29, 1.82) is 0 Å². The third-order valence-corrected chi connectivity index (χ3v) is 16.3. The van der Waals surface area contributed by atoms with E-state index in [1.807, 2.05) is 48.5 Å². The quantitative estimate of drug-likeness (QED) is 0.188. The van der Waals surface area contributed by atoms with Crippen LogP contribution >= 0.6 is 0 Å². The van der Waals surface area contributed by atoms with Crippen molar-refractivity contribution in [3.05, 3.63) is 130 Å². The van der Waals surface area contributed by atoms with Crippen LogP contribution in [-0.2, 0) is 13.1 Å². The van der Waals surface area contributed by atoms with Crippen molar-refractivity contribution in [2.45, 2.75) is 5.51 Å². The molecule has 0 radical (unpaired) electrons. The molecule has 4 aliphatic heterocycles. The molecule has 4 aromatic carbocycles. The summed E-state index contributed by atoms with van der Waals surface area (Å²) in [6.45, 7) is 0. The van der Waals surface area contributed by atoms with Gasteiger partial charge in [-0.2, -0.15) is 0 Å². The summed E-state index contributed by atoms with van der Waals surface area (Å²) >= 11 is -5.00. The Morgan fingerprint density at radius 1 is 0.510 bits per heavy atom. The van der Waals surface area contributed by atoms with Crippen LogP contribution in [-0.4, -0.2) is 60.9 Å². The van der Waals surface area contributed by atoms with Crippen LogP contribution in [0.25, 0.3) is 21.5 Å². The zero-order chi connectivity index (χ0) is 33.2. The maximum absolute atomic E-state index is 14.3. The van der Waals surface area contributed by atoms with Crippen LogP contribution in [0.1, 0.15) is 22.3 Å². The van der Waals surface area contributed by atoms with Crippen molar-refractivity contribution in [2.75, 3.05) is 0 Å². The summed E-state index contributed by atoms with van der Waals surface area (Å²) < 4.78 is 77.5. The minimum absolute atomic E-state index is 0.139. The van der Waals surface area contributed by atoms with E-state index in [0.29, 0.717) is 43.8 Å². The summed E-state index contributed by atoms with van der Waals surface area (Å²) in [4.78, 5) is 29.4. The first-order valence-electron chi connectivity index (χ1n) is 14.9. The van der Waals surface area contributed by atoms with E-state index >= 15 is 0 Å². The Morgan fingerprint density at radius 3 is 1.29 bits per heavy atom. The number of aliphatic imine (C=N–C) groups is 4. The topological polar surface area (TPSA) is 127 Å². The van der Waals surface area contributed by atoms with E-state index in [1.165, 1.54) is 6.55 Å². The number of fused-ring (bicyclic) bond motifs is 14. The molecule has 16 heteroatoms. The third-order valence-electron chi connectivity index (χ3n) is 8.76. The van der Waals surface area contributed by atoms with Gasteiger partial charge in [0.15, 0.2) is 0 Å². The second-order valence-electron chi connectivity index (χ2n) is 11.5. The Morgan fingerprint density at radius 2 is 0.878 bits per heavy atom. The summed E-state index contributed by atoms with van der Waals surface area (Å²) in [7, 11) is -6.17.